The molecule has 0 saturated carbocycles. The van der Waals surface area contributed by atoms with E-state index in [2.05, 4.69) is 43.0 Å². The highest BCUT2D eigenvalue weighted by atomic mass is 15.4. The Morgan fingerprint density at radius 1 is 1.19 bits per heavy atom. The number of aromatic nitrogens is 3. The topological polar surface area (TPSA) is 30.7 Å². The average Bonchev–Trinajstić information content (AvgIpc) is 2.74. The van der Waals surface area contributed by atoms with Crippen LogP contribution in [-0.4, -0.2) is 14.8 Å². The predicted molar refractivity (Wildman–Crippen MR) is 64.8 cm³/mol. The number of nitrogens with zero attached hydrogens (tertiary/aromatic N) is 3. The zero-order valence-electron chi connectivity index (χ0n) is 10.0. The van der Waals surface area contributed by atoms with Crippen LogP contribution < -0.4 is 0 Å². The summed E-state index contributed by atoms with van der Waals surface area (Å²) < 4.78 is 1.94. The van der Waals surface area contributed by atoms with Crippen molar-refractivity contribution in [2.24, 2.45) is 0 Å². The van der Waals surface area contributed by atoms with Crippen LogP contribution in [0, 0.1) is 0 Å². The van der Waals surface area contributed by atoms with Crippen molar-refractivity contribution in [2.75, 3.05) is 0 Å². The molecule has 0 aliphatic rings. The first-order chi connectivity index (χ1) is 7.72. The number of benzene rings is 1. The minimum Gasteiger partial charge on any atom is -0.218 e. The Balaban J connectivity index is 2.48. The van der Waals surface area contributed by atoms with Crippen LogP contribution >= 0.6 is 0 Å². The van der Waals surface area contributed by atoms with Gasteiger partial charge in [-0.05, 0) is 12.1 Å². The zero-order valence-corrected chi connectivity index (χ0v) is 10.0. The molecule has 0 bridgehead atoms. The normalized spacial score (nSPS) is 11.0. The van der Waals surface area contributed by atoms with Crippen molar-refractivity contribution in [3.05, 3.63) is 42.0 Å². The molecule has 0 aliphatic carbocycles. The summed E-state index contributed by atoms with van der Waals surface area (Å²) in [6.45, 7) is 6.34. The molecule has 1 aromatic carbocycles. The lowest BCUT2D eigenvalue weighted by Crippen LogP contribution is -2.01. The maximum absolute atomic E-state index is 4.56. The Labute approximate surface area is 96.1 Å². The van der Waals surface area contributed by atoms with E-state index >= 15 is 0 Å². The summed E-state index contributed by atoms with van der Waals surface area (Å²) in [5.74, 6) is 2.31. The Morgan fingerprint density at radius 2 is 1.88 bits per heavy atom. The third kappa shape index (κ3) is 1.98. The van der Waals surface area contributed by atoms with Gasteiger partial charge >= 0.3 is 0 Å². The smallest absolute Gasteiger partial charge is 0.153 e. The molecular formula is C13H17N3. The fraction of sp³-hybridized carbons (Fsp3) is 0.385. The van der Waals surface area contributed by atoms with Gasteiger partial charge in [0, 0.05) is 12.3 Å². The second-order valence-electron chi connectivity index (χ2n) is 4.14. The van der Waals surface area contributed by atoms with Gasteiger partial charge in [-0.2, -0.15) is 5.10 Å². The van der Waals surface area contributed by atoms with Crippen LogP contribution in [0.5, 0.6) is 0 Å². The van der Waals surface area contributed by atoms with E-state index in [1.54, 1.807) is 0 Å². The molecule has 1 heterocycles. The molecule has 84 valence electrons. The lowest BCUT2D eigenvalue weighted by molar-refractivity contribution is 0.747. The summed E-state index contributed by atoms with van der Waals surface area (Å²) in [4.78, 5) is 4.56. The summed E-state index contributed by atoms with van der Waals surface area (Å²) in [6.07, 6.45) is 0.897. The molecule has 0 unspecified atom stereocenters. The van der Waals surface area contributed by atoms with Crippen molar-refractivity contribution in [3.8, 4) is 5.69 Å². The molecule has 0 saturated heterocycles. The first kappa shape index (κ1) is 10.9. The third-order valence-electron chi connectivity index (χ3n) is 2.52. The third-order valence-corrected chi connectivity index (χ3v) is 2.52. The van der Waals surface area contributed by atoms with Gasteiger partial charge in [0.15, 0.2) is 5.82 Å². The Bertz CT molecular complexity index is 457. The molecule has 16 heavy (non-hydrogen) atoms. The number of hydrogen-bond acceptors (Lipinski definition) is 2. The highest BCUT2D eigenvalue weighted by Crippen LogP contribution is 2.14. The van der Waals surface area contributed by atoms with E-state index in [9.17, 15) is 0 Å². The number of rotatable bonds is 3. The monoisotopic (exact) mass is 215 g/mol. The van der Waals surface area contributed by atoms with E-state index in [1.807, 2.05) is 22.9 Å². The first-order valence-electron chi connectivity index (χ1n) is 5.73. The van der Waals surface area contributed by atoms with Gasteiger partial charge < -0.3 is 0 Å². The highest BCUT2D eigenvalue weighted by molar-refractivity contribution is 5.31. The molecule has 3 nitrogen and oxygen atoms in total. The lowest BCUT2D eigenvalue weighted by Gasteiger charge is -2.02. The van der Waals surface area contributed by atoms with E-state index in [0.29, 0.717) is 5.92 Å². The van der Waals surface area contributed by atoms with Crippen LogP contribution in [-0.2, 0) is 6.42 Å². The molecule has 0 radical (unpaired) electrons. The Hall–Kier alpha value is -1.64. The molecule has 3 heteroatoms. The fourth-order valence-corrected chi connectivity index (χ4v) is 1.61. The van der Waals surface area contributed by atoms with E-state index in [0.717, 1.165) is 23.8 Å². The number of para-hydroxylation sites is 1. The summed E-state index contributed by atoms with van der Waals surface area (Å²) >= 11 is 0. The van der Waals surface area contributed by atoms with E-state index in [1.165, 1.54) is 0 Å². The van der Waals surface area contributed by atoms with Crippen LogP contribution in [0.4, 0.5) is 0 Å². The number of hydrogen-bond donors (Lipinski definition) is 0. The SMILES string of the molecule is CCc1nc(C(C)C)nn1-c1ccccc1. The molecule has 0 spiro atoms. The van der Waals surface area contributed by atoms with Gasteiger partial charge in [-0.3, -0.25) is 0 Å². The van der Waals surface area contributed by atoms with E-state index < -0.39 is 0 Å². The molecule has 0 aliphatic heterocycles. The van der Waals surface area contributed by atoms with Crippen molar-refractivity contribution < 1.29 is 0 Å². The van der Waals surface area contributed by atoms with Crippen molar-refractivity contribution >= 4 is 0 Å². The van der Waals surface area contributed by atoms with Gasteiger partial charge in [0.1, 0.15) is 5.82 Å². The summed E-state index contributed by atoms with van der Waals surface area (Å²) in [6, 6.07) is 10.2. The van der Waals surface area contributed by atoms with Gasteiger partial charge in [0.05, 0.1) is 5.69 Å². The van der Waals surface area contributed by atoms with E-state index in [-0.39, 0.29) is 0 Å². The van der Waals surface area contributed by atoms with Crippen molar-refractivity contribution in [1.82, 2.24) is 14.8 Å². The van der Waals surface area contributed by atoms with Gasteiger partial charge in [-0.15, -0.1) is 0 Å². The molecule has 0 fully saturated rings. The van der Waals surface area contributed by atoms with Crippen LogP contribution in [0.25, 0.3) is 5.69 Å². The quantitative estimate of drug-likeness (QED) is 0.788. The van der Waals surface area contributed by atoms with Crippen molar-refractivity contribution in [1.29, 1.82) is 0 Å². The average molecular weight is 215 g/mol. The van der Waals surface area contributed by atoms with Crippen LogP contribution in [0.2, 0.25) is 0 Å². The molecular weight excluding hydrogens is 198 g/mol. The molecule has 0 amide bonds. The highest BCUT2D eigenvalue weighted by Gasteiger charge is 2.11. The van der Waals surface area contributed by atoms with Crippen LogP contribution in [0.15, 0.2) is 30.3 Å². The predicted octanol–water partition coefficient (Wildman–Crippen LogP) is 2.95. The van der Waals surface area contributed by atoms with Gasteiger partial charge in [0.25, 0.3) is 0 Å². The minimum absolute atomic E-state index is 0.371. The maximum atomic E-state index is 4.56. The molecule has 2 rings (SSSR count). The molecule has 0 atom stereocenters. The Kier molecular flexibility index (Phi) is 3.04. The van der Waals surface area contributed by atoms with Gasteiger partial charge in [-0.1, -0.05) is 39.0 Å². The largest absolute Gasteiger partial charge is 0.218 e. The molecule has 0 N–H and O–H groups in total. The standard InChI is InChI=1S/C13H17N3/c1-4-12-14-13(10(2)3)15-16(12)11-8-6-5-7-9-11/h5-10H,4H2,1-3H3. The summed E-state index contributed by atoms with van der Waals surface area (Å²) in [5, 5.41) is 4.56. The first-order valence-corrected chi connectivity index (χ1v) is 5.73. The van der Waals surface area contributed by atoms with Crippen LogP contribution in [0.3, 0.4) is 0 Å². The fourth-order valence-electron chi connectivity index (χ4n) is 1.61. The van der Waals surface area contributed by atoms with Gasteiger partial charge in [-0.25, -0.2) is 9.67 Å². The number of aryl methyl sites for hydroxylation is 1. The summed E-state index contributed by atoms with van der Waals surface area (Å²) in [5.41, 5.74) is 1.08. The minimum atomic E-state index is 0.371. The summed E-state index contributed by atoms with van der Waals surface area (Å²) in [7, 11) is 0. The maximum Gasteiger partial charge on any atom is 0.153 e. The Morgan fingerprint density at radius 3 is 2.44 bits per heavy atom. The lowest BCUT2D eigenvalue weighted by atomic mass is 10.2. The van der Waals surface area contributed by atoms with Crippen molar-refractivity contribution in [2.45, 2.75) is 33.1 Å². The second-order valence-corrected chi connectivity index (χ2v) is 4.14. The van der Waals surface area contributed by atoms with E-state index in [4.69, 9.17) is 0 Å². The molecule has 1 aromatic heterocycles. The van der Waals surface area contributed by atoms with Crippen molar-refractivity contribution in [3.63, 3.8) is 0 Å². The van der Waals surface area contributed by atoms with Gasteiger partial charge in [0.2, 0.25) is 0 Å². The second kappa shape index (κ2) is 4.47. The molecule has 2 aromatic rings. The zero-order chi connectivity index (χ0) is 11.5. The van der Waals surface area contributed by atoms with Crippen LogP contribution in [0.1, 0.15) is 38.3 Å².